The van der Waals surface area contributed by atoms with Crippen molar-refractivity contribution in [1.82, 2.24) is 0 Å². The summed E-state index contributed by atoms with van der Waals surface area (Å²) in [4.78, 5) is 0. The fourth-order valence-corrected chi connectivity index (χ4v) is 3.29. The summed E-state index contributed by atoms with van der Waals surface area (Å²) < 4.78 is 5.17. The number of allylic oxidation sites excluding steroid dienone is 3. The van der Waals surface area contributed by atoms with Gasteiger partial charge in [0.1, 0.15) is 11.4 Å². The highest BCUT2D eigenvalue weighted by Gasteiger charge is 2.31. The molecule has 2 nitrogen and oxygen atoms in total. The van der Waals surface area contributed by atoms with Gasteiger partial charge in [-0.2, -0.15) is 0 Å². The fraction of sp³-hybridized carbons (Fsp3) is 0.500. The lowest BCUT2D eigenvalue weighted by atomic mass is 9.68. The average molecular weight is 300 g/mol. The van der Waals surface area contributed by atoms with E-state index in [9.17, 15) is 5.11 Å². The van der Waals surface area contributed by atoms with E-state index in [1.807, 2.05) is 37.3 Å². The molecule has 0 aliphatic heterocycles. The fourth-order valence-electron chi connectivity index (χ4n) is 3.29. The van der Waals surface area contributed by atoms with Crippen LogP contribution in [-0.4, -0.2) is 12.2 Å². The smallest absolute Gasteiger partial charge is 0.118 e. The first-order chi connectivity index (χ1) is 10.3. The number of hydrogen-bond donors (Lipinski definition) is 1. The summed E-state index contributed by atoms with van der Waals surface area (Å²) in [5, 5.41) is 10.8. The minimum atomic E-state index is -0.972. The SMILES string of the molecule is COc1ccc(C(C)(O)/C=C/C2C(C)=CCCC2(C)C)cc1. The lowest BCUT2D eigenvalue weighted by Gasteiger charge is -2.37. The van der Waals surface area contributed by atoms with Crippen molar-refractivity contribution in [3.8, 4) is 5.75 Å². The number of ether oxygens (including phenoxy) is 1. The second kappa shape index (κ2) is 6.29. The van der Waals surface area contributed by atoms with Crippen molar-refractivity contribution in [1.29, 1.82) is 0 Å². The van der Waals surface area contributed by atoms with Gasteiger partial charge in [-0.1, -0.05) is 49.8 Å². The van der Waals surface area contributed by atoms with Gasteiger partial charge in [0, 0.05) is 5.92 Å². The highest BCUT2D eigenvalue weighted by molar-refractivity contribution is 5.33. The molecule has 0 saturated carbocycles. The molecule has 2 rings (SSSR count). The first kappa shape index (κ1) is 16.8. The Labute approximate surface area is 134 Å². The van der Waals surface area contributed by atoms with E-state index in [2.05, 4.69) is 32.9 Å². The van der Waals surface area contributed by atoms with Crippen LogP contribution < -0.4 is 4.74 Å². The summed E-state index contributed by atoms with van der Waals surface area (Å²) in [5.41, 5.74) is 1.55. The molecule has 0 aromatic heterocycles. The monoisotopic (exact) mass is 300 g/mol. The Morgan fingerprint density at radius 1 is 1.27 bits per heavy atom. The van der Waals surface area contributed by atoms with Crippen LogP contribution >= 0.6 is 0 Å². The highest BCUT2D eigenvalue weighted by Crippen LogP contribution is 2.42. The van der Waals surface area contributed by atoms with Crippen LogP contribution in [0.15, 0.2) is 48.1 Å². The molecule has 0 saturated heterocycles. The zero-order valence-electron chi connectivity index (χ0n) is 14.4. The van der Waals surface area contributed by atoms with Gasteiger partial charge in [0.25, 0.3) is 0 Å². The largest absolute Gasteiger partial charge is 0.497 e. The zero-order valence-corrected chi connectivity index (χ0v) is 14.4. The van der Waals surface area contributed by atoms with Crippen LogP contribution in [0, 0.1) is 11.3 Å². The molecule has 2 unspecified atom stereocenters. The number of hydrogen-bond acceptors (Lipinski definition) is 2. The Morgan fingerprint density at radius 2 is 1.91 bits per heavy atom. The third kappa shape index (κ3) is 3.61. The van der Waals surface area contributed by atoms with E-state index < -0.39 is 5.60 Å². The summed E-state index contributed by atoms with van der Waals surface area (Å²) >= 11 is 0. The Bertz CT molecular complexity index is 562. The van der Waals surface area contributed by atoms with Gasteiger partial charge in [0.05, 0.1) is 7.11 Å². The van der Waals surface area contributed by atoms with Gasteiger partial charge < -0.3 is 9.84 Å². The predicted molar refractivity (Wildman–Crippen MR) is 92.0 cm³/mol. The quantitative estimate of drug-likeness (QED) is 0.806. The van der Waals surface area contributed by atoms with Crippen molar-refractivity contribution in [2.75, 3.05) is 7.11 Å². The maximum Gasteiger partial charge on any atom is 0.118 e. The molecule has 1 aliphatic carbocycles. The lowest BCUT2D eigenvalue weighted by Crippen LogP contribution is -2.27. The summed E-state index contributed by atoms with van der Waals surface area (Å²) in [6, 6.07) is 7.59. The Hall–Kier alpha value is -1.54. The Morgan fingerprint density at radius 3 is 2.45 bits per heavy atom. The van der Waals surface area contributed by atoms with E-state index >= 15 is 0 Å². The van der Waals surface area contributed by atoms with E-state index in [0.717, 1.165) is 17.7 Å². The Balaban J connectivity index is 2.22. The van der Waals surface area contributed by atoms with Crippen molar-refractivity contribution in [2.24, 2.45) is 11.3 Å². The molecule has 1 aliphatic rings. The topological polar surface area (TPSA) is 29.5 Å². The third-order valence-electron chi connectivity index (χ3n) is 4.88. The molecule has 0 amide bonds. The normalized spacial score (nSPS) is 23.9. The second-order valence-corrected chi connectivity index (χ2v) is 7.19. The Kier molecular flexibility index (Phi) is 4.81. The molecule has 0 fully saturated rings. The van der Waals surface area contributed by atoms with Crippen molar-refractivity contribution >= 4 is 0 Å². The summed E-state index contributed by atoms with van der Waals surface area (Å²) in [5.74, 6) is 1.18. The zero-order chi connectivity index (χ0) is 16.4. The minimum Gasteiger partial charge on any atom is -0.497 e. The molecular weight excluding hydrogens is 272 g/mol. The standard InChI is InChI=1S/C20H28O2/c1-15-7-6-13-19(2,3)18(15)12-14-20(4,21)16-8-10-17(22-5)11-9-16/h7-12,14,18,21H,6,13H2,1-5H3/b14-12+. The van der Waals surface area contributed by atoms with Gasteiger partial charge in [0.15, 0.2) is 0 Å². The number of aliphatic hydroxyl groups is 1. The molecule has 22 heavy (non-hydrogen) atoms. The molecule has 0 radical (unpaired) electrons. The van der Waals surface area contributed by atoms with Crippen LogP contribution in [0.2, 0.25) is 0 Å². The number of methoxy groups -OCH3 is 1. The molecule has 0 spiro atoms. The van der Waals surface area contributed by atoms with Crippen LogP contribution in [0.3, 0.4) is 0 Å². The van der Waals surface area contributed by atoms with Crippen LogP contribution in [0.4, 0.5) is 0 Å². The molecule has 2 atom stereocenters. The molecule has 0 bridgehead atoms. The number of rotatable bonds is 4. The molecule has 120 valence electrons. The first-order valence-corrected chi connectivity index (χ1v) is 7.99. The van der Waals surface area contributed by atoms with Crippen molar-refractivity contribution < 1.29 is 9.84 Å². The van der Waals surface area contributed by atoms with Gasteiger partial charge in [-0.05, 0) is 49.8 Å². The second-order valence-electron chi connectivity index (χ2n) is 7.19. The summed E-state index contributed by atoms with van der Waals surface area (Å²) in [6.45, 7) is 8.64. The summed E-state index contributed by atoms with van der Waals surface area (Å²) in [6.07, 6.45) is 8.77. The molecule has 1 aromatic rings. The average Bonchev–Trinajstić information content (AvgIpc) is 2.46. The van der Waals surface area contributed by atoms with Crippen LogP contribution in [0.5, 0.6) is 5.75 Å². The molecule has 2 heteroatoms. The molecular formula is C20H28O2. The van der Waals surface area contributed by atoms with Crippen molar-refractivity contribution in [2.45, 2.75) is 46.1 Å². The van der Waals surface area contributed by atoms with Crippen LogP contribution in [-0.2, 0) is 5.60 Å². The van der Waals surface area contributed by atoms with E-state index in [1.54, 1.807) is 7.11 Å². The molecule has 1 N–H and O–H groups in total. The number of benzene rings is 1. The van der Waals surface area contributed by atoms with E-state index in [1.165, 1.54) is 12.0 Å². The van der Waals surface area contributed by atoms with Gasteiger partial charge in [0.2, 0.25) is 0 Å². The lowest BCUT2D eigenvalue weighted by molar-refractivity contribution is 0.109. The van der Waals surface area contributed by atoms with Crippen LogP contribution in [0.25, 0.3) is 0 Å². The van der Waals surface area contributed by atoms with E-state index in [0.29, 0.717) is 5.92 Å². The van der Waals surface area contributed by atoms with Crippen molar-refractivity contribution in [3.05, 3.63) is 53.6 Å². The van der Waals surface area contributed by atoms with E-state index in [4.69, 9.17) is 4.74 Å². The van der Waals surface area contributed by atoms with Crippen LogP contribution in [0.1, 0.15) is 46.1 Å². The maximum absolute atomic E-state index is 10.8. The van der Waals surface area contributed by atoms with Gasteiger partial charge in [-0.25, -0.2) is 0 Å². The van der Waals surface area contributed by atoms with Crippen molar-refractivity contribution in [3.63, 3.8) is 0 Å². The third-order valence-corrected chi connectivity index (χ3v) is 4.88. The minimum absolute atomic E-state index is 0.241. The van der Waals surface area contributed by atoms with Gasteiger partial charge >= 0.3 is 0 Å². The first-order valence-electron chi connectivity index (χ1n) is 7.99. The highest BCUT2D eigenvalue weighted by atomic mass is 16.5. The maximum atomic E-state index is 10.8. The van der Waals surface area contributed by atoms with Gasteiger partial charge in [-0.3, -0.25) is 0 Å². The van der Waals surface area contributed by atoms with E-state index in [-0.39, 0.29) is 5.41 Å². The van der Waals surface area contributed by atoms with Gasteiger partial charge in [-0.15, -0.1) is 0 Å². The predicted octanol–water partition coefficient (Wildman–Crippen LogP) is 4.84. The summed E-state index contributed by atoms with van der Waals surface area (Å²) in [7, 11) is 1.65. The molecule has 1 aromatic carbocycles. The molecule has 0 heterocycles.